The predicted octanol–water partition coefficient (Wildman–Crippen LogP) is 3.58. The maximum atomic E-state index is 12.6. The molecule has 1 aliphatic carbocycles. The van der Waals surface area contributed by atoms with Crippen LogP contribution < -0.4 is 5.32 Å². The van der Waals surface area contributed by atoms with Crippen LogP contribution in [0.3, 0.4) is 0 Å². The molecular formula is C19H25ClN2O4. The minimum Gasteiger partial charge on any atom is -0.506 e. The topological polar surface area (TPSA) is 91.4 Å². The molecule has 0 amide bonds. The van der Waals surface area contributed by atoms with Gasteiger partial charge >= 0.3 is 5.97 Å². The molecule has 142 valence electrons. The first-order chi connectivity index (χ1) is 12.1. The normalized spacial score (nSPS) is 14.8. The molecule has 1 heterocycles. The van der Waals surface area contributed by atoms with E-state index in [0.29, 0.717) is 22.5 Å². The summed E-state index contributed by atoms with van der Waals surface area (Å²) in [5.41, 5.74) is 1.10. The van der Waals surface area contributed by atoms with Crippen LogP contribution in [0.25, 0.3) is 10.9 Å². The number of nitrogens with one attached hydrogen (secondary N) is 2. The maximum absolute atomic E-state index is 12.6. The smallest absolute Gasteiger partial charge is 0.354 e. The zero-order valence-corrected chi connectivity index (χ0v) is 15.7. The Morgan fingerprint density at radius 2 is 2.00 bits per heavy atom. The number of fused-ring (bicyclic) bond motifs is 1. The molecule has 0 spiro atoms. The summed E-state index contributed by atoms with van der Waals surface area (Å²) in [4.78, 5) is 27.4. The average molecular weight is 381 g/mol. The molecule has 0 atom stereocenters. The number of phenols is 1. The van der Waals surface area contributed by atoms with Crippen molar-refractivity contribution >= 4 is 35.1 Å². The number of benzene rings is 1. The summed E-state index contributed by atoms with van der Waals surface area (Å²) >= 11 is 0. The number of aromatic nitrogens is 1. The molecule has 3 rings (SSSR count). The second-order valence-electron chi connectivity index (χ2n) is 6.46. The Bertz CT molecular complexity index is 781. The first-order valence-corrected chi connectivity index (χ1v) is 8.88. The van der Waals surface area contributed by atoms with E-state index >= 15 is 0 Å². The quantitative estimate of drug-likeness (QED) is 0.526. The Labute approximate surface area is 158 Å². The molecule has 6 nitrogen and oxygen atoms in total. The van der Waals surface area contributed by atoms with Crippen LogP contribution in [0.1, 0.15) is 59.9 Å². The summed E-state index contributed by atoms with van der Waals surface area (Å²) in [6.07, 6.45) is 5.89. The summed E-state index contributed by atoms with van der Waals surface area (Å²) in [7, 11) is 0. The third-order valence-corrected chi connectivity index (χ3v) is 4.72. The zero-order valence-electron chi connectivity index (χ0n) is 14.8. The van der Waals surface area contributed by atoms with Crippen molar-refractivity contribution in [2.45, 2.75) is 45.1 Å². The summed E-state index contributed by atoms with van der Waals surface area (Å²) in [6, 6.07) is 5.04. The number of halogens is 1. The van der Waals surface area contributed by atoms with E-state index in [9.17, 15) is 14.7 Å². The second kappa shape index (κ2) is 9.05. The van der Waals surface area contributed by atoms with Crippen LogP contribution in [0.2, 0.25) is 0 Å². The molecular weight excluding hydrogens is 356 g/mol. The van der Waals surface area contributed by atoms with Crippen LogP contribution in [-0.4, -0.2) is 41.0 Å². The van der Waals surface area contributed by atoms with Gasteiger partial charge in [-0.05, 0) is 38.0 Å². The number of hydrogen-bond acceptors (Lipinski definition) is 5. The van der Waals surface area contributed by atoms with E-state index in [-0.39, 0.29) is 42.8 Å². The SMILES string of the molecule is CCOC(=O)c1cc2c(C(=O)CNC3CCCCC3)ccc(O)c2[nH]1.Cl. The molecule has 0 bridgehead atoms. The van der Waals surface area contributed by atoms with Crippen molar-refractivity contribution in [2.24, 2.45) is 0 Å². The van der Waals surface area contributed by atoms with Crippen molar-refractivity contribution < 1.29 is 19.4 Å². The largest absolute Gasteiger partial charge is 0.506 e. The van der Waals surface area contributed by atoms with E-state index in [4.69, 9.17) is 4.74 Å². The lowest BCUT2D eigenvalue weighted by Crippen LogP contribution is -2.35. The number of carbonyl (C=O) groups excluding carboxylic acids is 2. The van der Waals surface area contributed by atoms with Gasteiger partial charge in [-0.1, -0.05) is 19.3 Å². The highest BCUT2D eigenvalue weighted by Gasteiger charge is 2.19. The number of H-pyrrole nitrogens is 1. The van der Waals surface area contributed by atoms with Gasteiger partial charge in [-0.3, -0.25) is 4.79 Å². The van der Waals surface area contributed by atoms with Gasteiger partial charge in [-0.25, -0.2) is 4.79 Å². The standard InChI is InChI=1S/C19H24N2O4.ClH/c1-2-25-19(24)15-10-14-13(8-9-16(22)18(14)21-15)17(23)11-20-12-6-4-3-5-7-12;/h8-10,12,20-22H,2-7,11H2,1H3;1H. The van der Waals surface area contributed by atoms with Gasteiger partial charge in [0.25, 0.3) is 0 Å². The molecule has 1 aromatic heterocycles. The first-order valence-electron chi connectivity index (χ1n) is 8.88. The van der Waals surface area contributed by atoms with Crippen LogP contribution in [-0.2, 0) is 4.74 Å². The Morgan fingerprint density at radius 3 is 2.69 bits per heavy atom. The Balaban J connectivity index is 0.00000243. The van der Waals surface area contributed by atoms with Crippen LogP contribution in [0.4, 0.5) is 0 Å². The van der Waals surface area contributed by atoms with Crippen molar-refractivity contribution in [3.05, 3.63) is 29.5 Å². The van der Waals surface area contributed by atoms with Gasteiger partial charge in [0.2, 0.25) is 0 Å². The molecule has 0 aliphatic heterocycles. The van der Waals surface area contributed by atoms with E-state index in [1.165, 1.54) is 25.3 Å². The van der Waals surface area contributed by atoms with Gasteiger partial charge in [-0.2, -0.15) is 0 Å². The molecule has 1 aromatic carbocycles. The fourth-order valence-corrected chi connectivity index (χ4v) is 3.41. The van der Waals surface area contributed by atoms with Crippen LogP contribution >= 0.6 is 12.4 Å². The monoisotopic (exact) mass is 380 g/mol. The highest BCUT2D eigenvalue weighted by molar-refractivity contribution is 6.11. The molecule has 0 unspecified atom stereocenters. The van der Waals surface area contributed by atoms with Crippen LogP contribution in [0, 0.1) is 0 Å². The Morgan fingerprint density at radius 1 is 1.27 bits per heavy atom. The second-order valence-corrected chi connectivity index (χ2v) is 6.46. The molecule has 3 N–H and O–H groups in total. The fourth-order valence-electron chi connectivity index (χ4n) is 3.41. The van der Waals surface area contributed by atoms with Gasteiger partial charge in [0.1, 0.15) is 11.4 Å². The van der Waals surface area contributed by atoms with Gasteiger partial charge in [0.05, 0.1) is 18.7 Å². The lowest BCUT2D eigenvalue weighted by molar-refractivity contribution is 0.0520. The number of Topliss-reactive ketones (excluding diaryl/α,β-unsaturated/α-hetero) is 1. The molecule has 26 heavy (non-hydrogen) atoms. The fraction of sp³-hybridized carbons (Fsp3) is 0.474. The van der Waals surface area contributed by atoms with E-state index in [1.54, 1.807) is 19.1 Å². The molecule has 0 radical (unpaired) electrons. The predicted molar refractivity (Wildman–Crippen MR) is 102 cm³/mol. The lowest BCUT2D eigenvalue weighted by Gasteiger charge is -2.22. The molecule has 1 fully saturated rings. The van der Waals surface area contributed by atoms with Gasteiger partial charge in [0.15, 0.2) is 5.78 Å². The highest BCUT2D eigenvalue weighted by atomic mass is 35.5. The van der Waals surface area contributed by atoms with Gasteiger partial charge < -0.3 is 20.1 Å². The third-order valence-electron chi connectivity index (χ3n) is 4.72. The number of rotatable bonds is 6. The number of hydrogen-bond donors (Lipinski definition) is 3. The van der Waals surface area contributed by atoms with Crippen molar-refractivity contribution in [1.82, 2.24) is 10.3 Å². The van der Waals surface area contributed by atoms with Crippen molar-refractivity contribution in [3.63, 3.8) is 0 Å². The number of ether oxygens (including phenoxy) is 1. The number of aromatic amines is 1. The summed E-state index contributed by atoms with van der Waals surface area (Å²) in [6.45, 7) is 2.24. The number of ketones is 1. The van der Waals surface area contributed by atoms with Crippen LogP contribution in [0.5, 0.6) is 5.75 Å². The number of esters is 1. The molecule has 1 saturated carbocycles. The van der Waals surface area contributed by atoms with Crippen molar-refractivity contribution in [3.8, 4) is 5.75 Å². The molecule has 1 aliphatic rings. The van der Waals surface area contributed by atoms with Gasteiger partial charge in [0, 0.05) is 17.0 Å². The number of phenolic OH excluding ortho intramolecular Hbond substituents is 1. The third kappa shape index (κ3) is 4.37. The summed E-state index contributed by atoms with van der Waals surface area (Å²) < 4.78 is 4.98. The van der Waals surface area contributed by atoms with E-state index in [0.717, 1.165) is 12.8 Å². The molecule has 7 heteroatoms. The number of aromatic hydroxyl groups is 1. The van der Waals surface area contributed by atoms with E-state index in [1.807, 2.05) is 0 Å². The summed E-state index contributed by atoms with van der Waals surface area (Å²) in [5, 5.41) is 13.9. The van der Waals surface area contributed by atoms with Crippen molar-refractivity contribution in [2.75, 3.05) is 13.2 Å². The summed E-state index contributed by atoms with van der Waals surface area (Å²) in [5.74, 6) is -0.552. The maximum Gasteiger partial charge on any atom is 0.354 e. The Hall–Kier alpha value is -2.05. The molecule has 2 aromatic rings. The minimum absolute atomic E-state index is 0. The molecule has 0 saturated heterocycles. The zero-order chi connectivity index (χ0) is 17.8. The first kappa shape index (κ1) is 20.3. The Kier molecular flexibility index (Phi) is 7.06. The van der Waals surface area contributed by atoms with Crippen LogP contribution in [0.15, 0.2) is 18.2 Å². The highest BCUT2D eigenvalue weighted by Crippen LogP contribution is 2.29. The van der Waals surface area contributed by atoms with E-state index < -0.39 is 5.97 Å². The number of carbonyl (C=O) groups is 2. The average Bonchev–Trinajstić information content (AvgIpc) is 3.07. The minimum atomic E-state index is -0.503. The lowest BCUT2D eigenvalue weighted by atomic mass is 9.95. The van der Waals surface area contributed by atoms with Gasteiger partial charge in [-0.15, -0.1) is 12.4 Å². The van der Waals surface area contributed by atoms with Crippen molar-refractivity contribution in [1.29, 1.82) is 0 Å². The van der Waals surface area contributed by atoms with E-state index in [2.05, 4.69) is 10.3 Å².